The third-order valence-corrected chi connectivity index (χ3v) is 8.88. The van der Waals surface area contributed by atoms with Crippen molar-refractivity contribution in [3.8, 4) is 0 Å². The molecule has 0 spiro atoms. The molecule has 4 rings (SSSR count). The molecule has 0 aromatic heterocycles. The van der Waals surface area contributed by atoms with Crippen LogP contribution in [0.5, 0.6) is 0 Å². The Morgan fingerprint density at radius 1 is 0.800 bits per heavy atom. The van der Waals surface area contributed by atoms with Crippen molar-refractivity contribution in [2.24, 2.45) is 0 Å². The van der Waals surface area contributed by atoms with E-state index >= 15 is 0 Å². The molecule has 1 N–H and O–H groups in total. The lowest BCUT2D eigenvalue weighted by Crippen LogP contribution is -2.53. The second-order valence-corrected chi connectivity index (χ2v) is 12.2. The van der Waals surface area contributed by atoms with Crippen molar-refractivity contribution < 1.29 is 31.2 Å². The molecule has 11 heteroatoms. The lowest BCUT2D eigenvalue weighted by molar-refractivity contribution is -0.140. The molecule has 0 heterocycles. The van der Waals surface area contributed by atoms with Gasteiger partial charge in [-0.2, -0.15) is 13.2 Å². The Bertz CT molecular complexity index is 1670. The predicted molar refractivity (Wildman–Crippen MR) is 167 cm³/mol. The number of carbonyl (C=O) groups is 2. The van der Waals surface area contributed by atoms with E-state index < -0.39 is 46.2 Å². The molecule has 0 unspecified atom stereocenters. The first-order valence-corrected chi connectivity index (χ1v) is 15.8. The van der Waals surface area contributed by atoms with E-state index in [4.69, 9.17) is 0 Å². The maximum Gasteiger partial charge on any atom is 0.416 e. The van der Waals surface area contributed by atoms with Gasteiger partial charge >= 0.3 is 6.18 Å². The van der Waals surface area contributed by atoms with Crippen molar-refractivity contribution in [1.29, 1.82) is 0 Å². The van der Waals surface area contributed by atoms with Crippen molar-refractivity contribution in [3.05, 3.63) is 132 Å². The zero-order valence-corrected chi connectivity index (χ0v) is 25.5. The van der Waals surface area contributed by atoms with Crippen LogP contribution in [-0.2, 0) is 38.8 Å². The Balaban J connectivity index is 1.81. The molecule has 236 valence electrons. The fourth-order valence-electron chi connectivity index (χ4n) is 4.79. The van der Waals surface area contributed by atoms with E-state index in [-0.39, 0.29) is 23.5 Å². The lowest BCUT2D eigenvalue weighted by atomic mass is 10.0. The maximum atomic E-state index is 14.3. The van der Waals surface area contributed by atoms with Crippen LogP contribution in [0.15, 0.2) is 120 Å². The molecule has 2 amide bonds. The average molecular weight is 638 g/mol. The van der Waals surface area contributed by atoms with E-state index in [0.717, 1.165) is 17.7 Å². The van der Waals surface area contributed by atoms with Crippen LogP contribution in [0, 0.1) is 0 Å². The van der Waals surface area contributed by atoms with Crippen molar-refractivity contribution in [2.75, 3.05) is 17.4 Å². The number of halogens is 3. The van der Waals surface area contributed by atoms with Crippen LogP contribution in [-0.4, -0.2) is 44.3 Å². The van der Waals surface area contributed by atoms with Crippen LogP contribution in [0.2, 0.25) is 0 Å². The quantitative estimate of drug-likeness (QED) is 0.193. The number of amides is 2. The number of rotatable bonds is 13. The summed E-state index contributed by atoms with van der Waals surface area (Å²) in [5.74, 6) is -1.19. The summed E-state index contributed by atoms with van der Waals surface area (Å²) >= 11 is 0. The summed E-state index contributed by atoms with van der Waals surface area (Å²) in [5, 5.41) is 2.85. The molecule has 0 aliphatic heterocycles. The normalized spacial score (nSPS) is 12.3. The summed E-state index contributed by atoms with van der Waals surface area (Å²) in [4.78, 5) is 29.0. The summed E-state index contributed by atoms with van der Waals surface area (Å²) in [6, 6.07) is 27.9. The number of nitrogens with one attached hydrogen (secondary N) is 1. The highest BCUT2D eigenvalue weighted by atomic mass is 32.2. The second-order valence-electron chi connectivity index (χ2n) is 10.4. The largest absolute Gasteiger partial charge is 0.416 e. The highest BCUT2D eigenvalue weighted by Gasteiger charge is 2.36. The number of anilines is 1. The minimum Gasteiger partial charge on any atom is -0.354 e. The third-order valence-electron chi connectivity index (χ3n) is 7.09. The van der Waals surface area contributed by atoms with Crippen LogP contribution in [0.1, 0.15) is 30.0 Å². The number of carbonyl (C=O) groups excluding carboxylic acids is 2. The number of sulfonamides is 1. The van der Waals surface area contributed by atoms with Crippen LogP contribution in [0.3, 0.4) is 0 Å². The number of hydrogen-bond donors (Lipinski definition) is 1. The minimum absolute atomic E-state index is 0.0431. The van der Waals surface area contributed by atoms with E-state index in [9.17, 15) is 31.2 Å². The molecular weight excluding hydrogens is 603 g/mol. The zero-order chi connectivity index (χ0) is 32.5. The van der Waals surface area contributed by atoms with Gasteiger partial charge in [-0.3, -0.25) is 13.9 Å². The van der Waals surface area contributed by atoms with Crippen LogP contribution in [0.4, 0.5) is 18.9 Å². The monoisotopic (exact) mass is 637 g/mol. The molecule has 0 saturated carbocycles. The molecule has 0 fully saturated rings. The SMILES string of the molecule is CCCNC(=O)[C@H](Cc1ccccc1)N(Cc1ccccc1)C(=O)CN(c1cccc(C(F)(F)F)c1)S(=O)(=O)c1ccccc1. The van der Waals surface area contributed by atoms with Gasteiger partial charge in [-0.25, -0.2) is 8.42 Å². The fourth-order valence-corrected chi connectivity index (χ4v) is 6.21. The predicted octanol–water partition coefficient (Wildman–Crippen LogP) is 6.07. The van der Waals surface area contributed by atoms with E-state index in [1.54, 1.807) is 36.4 Å². The number of nitrogens with zero attached hydrogens (tertiary/aromatic N) is 2. The van der Waals surface area contributed by atoms with Crippen molar-refractivity contribution >= 4 is 27.5 Å². The summed E-state index contributed by atoms with van der Waals surface area (Å²) in [5.41, 5.74) is 0.0508. The van der Waals surface area contributed by atoms with Gasteiger partial charge in [0.05, 0.1) is 16.1 Å². The summed E-state index contributed by atoms with van der Waals surface area (Å²) in [7, 11) is -4.52. The van der Waals surface area contributed by atoms with Gasteiger partial charge in [0, 0.05) is 19.5 Å². The van der Waals surface area contributed by atoms with Gasteiger partial charge in [-0.15, -0.1) is 0 Å². The Kier molecular flexibility index (Phi) is 11.0. The summed E-state index contributed by atoms with van der Waals surface area (Å²) in [6.45, 7) is 1.35. The number of hydrogen-bond acceptors (Lipinski definition) is 4. The topological polar surface area (TPSA) is 86.8 Å². The molecule has 4 aromatic carbocycles. The maximum absolute atomic E-state index is 14.3. The molecule has 0 radical (unpaired) electrons. The smallest absolute Gasteiger partial charge is 0.354 e. The van der Waals surface area contributed by atoms with E-state index in [1.807, 2.05) is 37.3 Å². The van der Waals surface area contributed by atoms with Crippen molar-refractivity contribution in [3.63, 3.8) is 0 Å². The van der Waals surface area contributed by atoms with Gasteiger partial charge in [0.1, 0.15) is 12.6 Å². The molecule has 7 nitrogen and oxygen atoms in total. The number of alkyl halides is 3. The van der Waals surface area contributed by atoms with Gasteiger partial charge in [-0.05, 0) is 47.9 Å². The van der Waals surface area contributed by atoms with E-state index in [1.165, 1.54) is 35.2 Å². The Morgan fingerprint density at radius 3 is 1.96 bits per heavy atom. The van der Waals surface area contributed by atoms with E-state index in [0.29, 0.717) is 28.9 Å². The Morgan fingerprint density at radius 2 is 1.38 bits per heavy atom. The average Bonchev–Trinajstić information content (AvgIpc) is 3.05. The molecule has 0 aliphatic rings. The fraction of sp³-hybridized carbons (Fsp3) is 0.235. The number of benzene rings is 4. The highest BCUT2D eigenvalue weighted by Crippen LogP contribution is 2.33. The van der Waals surface area contributed by atoms with Crippen LogP contribution in [0.25, 0.3) is 0 Å². The van der Waals surface area contributed by atoms with Crippen molar-refractivity contribution in [2.45, 2.75) is 43.4 Å². The second kappa shape index (κ2) is 14.9. The summed E-state index contributed by atoms with van der Waals surface area (Å²) in [6.07, 6.45) is -3.97. The van der Waals surface area contributed by atoms with Gasteiger partial charge in [-0.1, -0.05) is 91.9 Å². The van der Waals surface area contributed by atoms with Crippen LogP contribution >= 0.6 is 0 Å². The van der Waals surface area contributed by atoms with Gasteiger partial charge in [0.25, 0.3) is 10.0 Å². The molecule has 4 aromatic rings. The first-order valence-electron chi connectivity index (χ1n) is 14.4. The zero-order valence-electron chi connectivity index (χ0n) is 24.7. The highest BCUT2D eigenvalue weighted by molar-refractivity contribution is 7.92. The van der Waals surface area contributed by atoms with Crippen LogP contribution < -0.4 is 9.62 Å². The lowest BCUT2D eigenvalue weighted by Gasteiger charge is -2.34. The molecule has 0 aliphatic carbocycles. The summed E-state index contributed by atoms with van der Waals surface area (Å²) < 4.78 is 69.6. The first kappa shape index (κ1) is 33.3. The van der Waals surface area contributed by atoms with Gasteiger partial charge < -0.3 is 10.2 Å². The Labute approximate surface area is 261 Å². The Hall–Kier alpha value is -4.64. The third kappa shape index (κ3) is 8.72. The molecule has 1 atom stereocenters. The van der Waals surface area contributed by atoms with Gasteiger partial charge in [0.2, 0.25) is 11.8 Å². The molecular formula is C34H34F3N3O4S. The molecule has 0 saturated heterocycles. The molecule has 45 heavy (non-hydrogen) atoms. The van der Waals surface area contributed by atoms with E-state index in [2.05, 4.69) is 5.32 Å². The minimum atomic E-state index is -4.75. The van der Waals surface area contributed by atoms with Crippen molar-refractivity contribution in [1.82, 2.24) is 10.2 Å². The first-order chi connectivity index (χ1) is 21.5. The standard InChI is InChI=1S/C34H34F3N3O4S/c1-2-21-38-33(42)31(22-26-13-6-3-7-14-26)39(24-27-15-8-4-9-16-27)32(41)25-40(45(43,44)30-19-10-5-11-20-30)29-18-12-17-28(23-29)34(35,36)37/h3-20,23,31H,2,21-22,24-25H2,1H3,(H,38,42)/t31-/m0/s1. The van der Waals surface area contributed by atoms with Gasteiger partial charge in [0.15, 0.2) is 0 Å². The molecule has 0 bridgehead atoms.